The zero-order chi connectivity index (χ0) is 27.5. The Hall–Kier alpha value is -4.63. The van der Waals surface area contributed by atoms with Gasteiger partial charge in [-0.2, -0.15) is 0 Å². The topological polar surface area (TPSA) is 35.1 Å². The maximum absolute atomic E-state index is 13.2. The van der Waals surface area contributed by atoms with Crippen molar-refractivity contribution in [3.8, 4) is 16.8 Å². The number of fused-ring (bicyclic) bond motifs is 5. The summed E-state index contributed by atoms with van der Waals surface area (Å²) in [5, 5.41) is 3.80. The SMILES string of the molecule is CC(C)c1cccc2c3cccc(C(C)C)c3n(-c3ccc(-c4ccc5oc6ccccc6c(=O)c5c4)cc3)c12. The summed E-state index contributed by atoms with van der Waals surface area (Å²) in [5.74, 6) is 0.794. The molecule has 0 bridgehead atoms. The van der Waals surface area contributed by atoms with E-state index in [9.17, 15) is 4.79 Å². The van der Waals surface area contributed by atoms with Crippen LogP contribution in [-0.4, -0.2) is 4.57 Å². The molecule has 0 aliphatic heterocycles. The first-order valence-corrected chi connectivity index (χ1v) is 14.0. The van der Waals surface area contributed by atoms with Gasteiger partial charge in [-0.25, -0.2) is 0 Å². The molecule has 7 aromatic rings. The molecule has 0 fully saturated rings. The lowest BCUT2D eigenvalue weighted by molar-refractivity contribution is 0.660. The molecule has 0 aliphatic rings. The van der Waals surface area contributed by atoms with Crippen LogP contribution < -0.4 is 5.43 Å². The maximum Gasteiger partial charge on any atom is 0.200 e. The summed E-state index contributed by atoms with van der Waals surface area (Å²) in [6.07, 6.45) is 0. The minimum atomic E-state index is 0.00281. The number of rotatable bonds is 4. The zero-order valence-electron chi connectivity index (χ0n) is 23.2. The van der Waals surface area contributed by atoms with Gasteiger partial charge >= 0.3 is 0 Å². The fourth-order valence-electron chi connectivity index (χ4n) is 6.14. The van der Waals surface area contributed by atoms with Crippen molar-refractivity contribution in [2.45, 2.75) is 39.5 Å². The largest absolute Gasteiger partial charge is 0.456 e. The average Bonchev–Trinajstić information content (AvgIpc) is 3.32. The molecule has 0 saturated heterocycles. The van der Waals surface area contributed by atoms with E-state index in [0.717, 1.165) is 16.8 Å². The predicted octanol–water partition coefficient (Wildman–Crippen LogP) is 9.96. The predicted molar refractivity (Wildman–Crippen MR) is 168 cm³/mol. The monoisotopic (exact) mass is 521 g/mol. The third kappa shape index (κ3) is 3.69. The van der Waals surface area contributed by atoms with E-state index in [1.165, 1.54) is 32.9 Å². The summed E-state index contributed by atoms with van der Waals surface area (Å²) < 4.78 is 8.48. The van der Waals surface area contributed by atoms with Gasteiger partial charge in [0, 0.05) is 16.5 Å². The van der Waals surface area contributed by atoms with Crippen LogP contribution in [-0.2, 0) is 0 Å². The minimum Gasteiger partial charge on any atom is -0.456 e. The third-order valence-corrected chi connectivity index (χ3v) is 8.15. The molecule has 196 valence electrons. The molecule has 7 rings (SSSR count). The molecule has 2 heterocycles. The van der Waals surface area contributed by atoms with Crippen molar-refractivity contribution in [3.63, 3.8) is 0 Å². The van der Waals surface area contributed by atoms with E-state index < -0.39 is 0 Å². The van der Waals surface area contributed by atoms with E-state index in [1.807, 2.05) is 42.5 Å². The van der Waals surface area contributed by atoms with Crippen LogP contribution in [0.4, 0.5) is 0 Å². The number of hydrogen-bond donors (Lipinski definition) is 0. The first-order valence-electron chi connectivity index (χ1n) is 14.0. The molecule has 3 heteroatoms. The van der Waals surface area contributed by atoms with E-state index in [4.69, 9.17) is 4.42 Å². The average molecular weight is 522 g/mol. The third-order valence-electron chi connectivity index (χ3n) is 8.15. The van der Waals surface area contributed by atoms with Gasteiger partial charge in [0.05, 0.1) is 21.8 Å². The standard InChI is InChI=1S/C37H31NO2/c1-22(2)27-10-7-12-29-30-13-8-11-28(23(3)4)36(30)38(35(27)29)26-18-15-24(16-19-26)25-17-20-34-32(21-25)37(39)31-9-5-6-14-33(31)40-34/h5-23H,1-4H3. The number of aromatic nitrogens is 1. The van der Waals surface area contributed by atoms with Crippen LogP contribution in [0, 0.1) is 0 Å². The number of nitrogens with zero attached hydrogens (tertiary/aromatic N) is 1. The van der Waals surface area contributed by atoms with Crippen LogP contribution >= 0.6 is 0 Å². The van der Waals surface area contributed by atoms with Gasteiger partial charge in [0.1, 0.15) is 11.2 Å². The van der Waals surface area contributed by atoms with Crippen molar-refractivity contribution in [1.29, 1.82) is 0 Å². The summed E-state index contributed by atoms with van der Waals surface area (Å²) in [5.41, 5.74) is 9.68. The second kappa shape index (κ2) is 9.24. The van der Waals surface area contributed by atoms with Crippen LogP contribution in [0.15, 0.2) is 112 Å². The smallest absolute Gasteiger partial charge is 0.200 e. The summed E-state index contributed by atoms with van der Waals surface area (Å²) in [6, 6.07) is 35.4. The van der Waals surface area contributed by atoms with Crippen molar-refractivity contribution >= 4 is 43.7 Å². The molecule has 0 aliphatic carbocycles. The normalized spacial score (nSPS) is 12.1. The Balaban J connectivity index is 1.43. The second-order valence-electron chi connectivity index (χ2n) is 11.3. The van der Waals surface area contributed by atoms with Crippen molar-refractivity contribution in [2.24, 2.45) is 0 Å². The van der Waals surface area contributed by atoms with Crippen molar-refractivity contribution in [3.05, 3.63) is 124 Å². The fourth-order valence-corrected chi connectivity index (χ4v) is 6.14. The lowest BCUT2D eigenvalue weighted by atomic mass is 9.98. The Morgan fingerprint density at radius 2 is 1.10 bits per heavy atom. The molecule has 40 heavy (non-hydrogen) atoms. The van der Waals surface area contributed by atoms with Gasteiger partial charge < -0.3 is 8.98 Å². The summed E-state index contributed by atoms with van der Waals surface area (Å²) in [4.78, 5) is 13.2. The molecule has 3 nitrogen and oxygen atoms in total. The molecule has 0 radical (unpaired) electrons. The van der Waals surface area contributed by atoms with Gasteiger partial charge in [0.2, 0.25) is 5.43 Å². The van der Waals surface area contributed by atoms with Crippen LogP contribution in [0.5, 0.6) is 0 Å². The molecule has 0 atom stereocenters. The Labute approximate surface area is 233 Å². The number of para-hydroxylation sites is 3. The molecule has 0 spiro atoms. The highest BCUT2D eigenvalue weighted by Crippen LogP contribution is 2.40. The quantitative estimate of drug-likeness (QED) is 0.216. The van der Waals surface area contributed by atoms with E-state index in [0.29, 0.717) is 33.8 Å². The molecular formula is C37H31NO2. The van der Waals surface area contributed by atoms with Gasteiger partial charge in [-0.05, 0) is 70.5 Å². The molecule has 0 N–H and O–H groups in total. The molecule has 0 saturated carbocycles. The highest BCUT2D eigenvalue weighted by molar-refractivity contribution is 6.11. The lowest BCUT2D eigenvalue weighted by Gasteiger charge is -2.16. The highest BCUT2D eigenvalue weighted by atomic mass is 16.3. The summed E-state index contributed by atoms with van der Waals surface area (Å²) in [6.45, 7) is 9.07. The number of benzene rings is 5. The van der Waals surface area contributed by atoms with Crippen LogP contribution in [0.25, 0.3) is 60.6 Å². The summed E-state index contributed by atoms with van der Waals surface area (Å²) >= 11 is 0. The Morgan fingerprint density at radius 3 is 1.73 bits per heavy atom. The van der Waals surface area contributed by atoms with Crippen molar-refractivity contribution in [2.75, 3.05) is 0 Å². The maximum atomic E-state index is 13.2. The fraction of sp³-hybridized carbons (Fsp3) is 0.162. The van der Waals surface area contributed by atoms with Crippen LogP contribution in [0.3, 0.4) is 0 Å². The van der Waals surface area contributed by atoms with Crippen LogP contribution in [0.2, 0.25) is 0 Å². The Bertz CT molecular complexity index is 2060. The Morgan fingerprint density at radius 1 is 0.550 bits per heavy atom. The molecule has 2 aromatic heterocycles. The van der Waals surface area contributed by atoms with E-state index >= 15 is 0 Å². The van der Waals surface area contributed by atoms with Gasteiger partial charge in [-0.3, -0.25) is 4.79 Å². The van der Waals surface area contributed by atoms with E-state index in [1.54, 1.807) is 0 Å². The first-order chi connectivity index (χ1) is 19.4. The van der Waals surface area contributed by atoms with Gasteiger partial charge in [-0.15, -0.1) is 0 Å². The molecule has 0 amide bonds. The molecule has 0 unspecified atom stereocenters. The highest BCUT2D eigenvalue weighted by Gasteiger charge is 2.20. The second-order valence-corrected chi connectivity index (χ2v) is 11.3. The Kier molecular flexibility index (Phi) is 5.64. The molecular weight excluding hydrogens is 490 g/mol. The van der Waals surface area contributed by atoms with Crippen LogP contribution in [0.1, 0.15) is 50.7 Å². The van der Waals surface area contributed by atoms with Gasteiger partial charge in [0.25, 0.3) is 0 Å². The molecule has 5 aromatic carbocycles. The van der Waals surface area contributed by atoms with Gasteiger partial charge in [0.15, 0.2) is 0 Å². The van der Waals surface area contributed by atoms with E-state index in [2.05, 4.69) is 92.9 Å². The van der Waals surface area contributed by atoms with Crippen molar-refractivity contribution < 1.29 is 4.42 Å². The number of hydrogen-bond acceptors (Lipinski definition) is 2. The lowest BCUT2D eigenvalue weighted by Crippen LogP contribution is -2.02. The van der Waals surface area contributed by atoms with Crippen molar-refractivity contribution in [1.82, 2.24) is 4.57 Å². The van der Waals surface area contributed by atoms with E-state index in [-0.39, 0.29) is 5.43 Å². The summed E-state index contributed by atoms with van der Waals surface area (Å²) in [7, 11) is 0. The minimum absolute atomic E-state index is 0.00281. The first kappa shape index (κ1) is 24.4. The zero-order valence-corrected chi connectivity index (χ0v) is 23.2. The van der Waals surface area contributed by atoms with Gasteiger partial charge in [-0.1, -0.05) is 94.4 Å².